The quantitative estimate of drug-likeness (QED) is 0.674. The van der Waals surface area contributed by atoms with Crippen LogP contribution in [-0.4, -0.2) is 47.1 Å². The number of anilines is 1. The average molecular weight is 277 g/mol. The molecule has 6 nitrogen and oxygen atoms in total. The summed E-state index contributed by atoms with van der Waals surface area (Å²) >= 11 is 0. The van der Waals surface area contributed by atoms with Crippen molar-refractivity contribution in [1.82, 2.24) is 10.2 Å². The van der Waals surface area contributed by atoms with Crippen molar-refractivity contribution in [2.45, 2.75) is 18.9 Å². The summed E-state index contributed by atoms with van der Waals surface area (Å²) in [5.41, 5.74) is 5.82. The highest BCUT2D eigenvalue weighted by atomic mass is 16.3. The molecule has 6 heteroatoms. The molecule has 0 aliphatic carbocycles. The molecule has 2 amide bonds. The molecule has 0 aromatic heterocycles. The Morgan fingerprint density at radius 2 is 1.95 bits per heavy atom. The minimum atomic E-state index is -0.753. The van der Waals surface area contributed by atoms with Crippen molar-refractivity contribution in [1.29, 1.82) is 0 Å². The number of nitrogens with one attached hydrogen (secondary N) is 1. The molecule has 1 aromatic rings. The maximum absolute atomic E-state index is 11.8. The van der Waals surface area contributed by atoms with E-state index in [0.29, 0.717) is 30.8 Å². The molecule has 1 saturated heterocycles. The number of benzene rings is 1. The van der Waals surface area contributed by atoms with Gasteiger partial charge in [0.05, 0.1) is 25.2 Å². The van der Waals surface area contributed by atoms with Crippen LogP contribution in [-0.2, 0) is 4.79 Å². The number of nitrogens with zero attached hydrogens (tertiary/aromatic N) is 1. The molecule has 1 heterocycles. The predicted molar refractivity (Wildman–Crippen MR) is 75.0 cm³/mol. The predicted octanol–water partition coefficient (Wildman–Crippen LogP) is -0.0181. The Bertz CT molecular complexity index is 507. The lowest BCUT2D eigenvalue weighted by Crippen LogP contribution is -2.64. The molecule has 2 rings (SSSR count). The van der Waals surface area contributed by atoms with Gasteiger partial charge in [-0.2, -0.15) is 0 Å². The van der Waals surface area contributed by atoms with E-state index in [-0.39, 0.29) is 18.4 Å². The van der Waals surface area contributed by atoms with Crippen molar-refractivity contribution in [3.05, 3.63) is 29.8 Å². The third kappa shape index (κ3) is 3.08. The van der Waals surface area contributed by atoms with Gasteiger partial charge in [0.15, 0.2) is 0 Å². The maximum atomic E-state index is 11.8. The van der Waals surface area contributed by atoms with Crippen LogP contribution in [0.5, 0.6) is 0 Å². The van der Waals surface area contributed by atoms with Crippen molar-refractivity contribution < 1.29 is 14.7 Å². The van der Waals surface area contributed by atoms with Crippen LogP contribution in [0.1, 0.15) is 23.7 Å². The number of carbonyl (C=O) groups excluding carboxylic acids is 2. The molecule has 0 saturated carbocycles. The Balaban J connectivity index is 1.79. The normalized spacial score (nSPS) is 16.4. The first-order valence-electron chi connectivity index (χ1n) is 6.57. The van der Waals surface area contributed by atoms with E-state index in [1.807, 2.05) is 6.92 Å². The third-order valence-electron chi connectivity index (χ3n) is 3.55. The van der Waals surface area contributed by atoms with Crippen LogP contribution in [0.4, 0.5) is 5.69 Å². The summed E-state index contributed by atoms with van der Waals surface area (Å²) < 4.78 is 0. The number of nitrogen functional groups attached to an aromatic ring is 1. The summed E-state index contributed by atoms with van der Waals surface area (Å²) in [6, 6.07) is 6.48. The third-order valence-corrected chi connectivity index (χ3v) is 3.55. The van der Waals surface area contributed by atoms with E-state index in [0.717, 1.165) is 0 Å². The maximum Gasteiger partial charge on any atom is 0.251 e. The molecule has 1 aromatic carbocycles. The molecule has 4 N–H and O–H groups in total. The van der Waals surface area contributed by atoms with Crippen molar-refractivity contribution in [2.24, 2.45) is 0 Å². The van der Waals surface area contributed by atoms with Crippen LogP contribution in [0.15, 0.2) is 24.3 Å². The molecule has 0 unspecified atom stereocenters. The fraction of sp³-hybridized carbons (Fsp3) is 0.429. The highest BCUT2D eigenvalue weighted by Crippen LogP contribution is 2.23. The van der Waals surface area contributed by atoms with Crippen molar-refractivity contribution in [3.63, 3.8) is 0 Å². The first kappa shape index (κ1) is 14.3. The Morgan fingerprint density at radius 3 is 2.50 bits per heavy atom. The lowest BCUT2D eigenvalue weighted by Gasteiger charge is -2.46. The highest BCUT2D eigenvalue weighted by molar-refractivity contribution is 5.96. The van der Waals surface area contributed by atoms with Crippen LogP contribution in [0.3, 0.4) is 0 Å². The largest absolute Gasteiger partial charge is 0.399 e. The molecule has 0 atom stereocenters. The molecule has 1 aliphatic heterocycles. The van der Waals surface area contributed by atoms with E-state index in [1.54, 1.807) is 24.3 Å². The summed E-state index contributed by atoms with van der Waals surface area (Å²) in [7, 11) is 0. The zero-order chi connectivity index (χ0) is 14.8. The number of rotatable bonds is 4. The number of aliphatic hydroxyl groups is 1. The fourth-order valence-corrected chi connectivity index (χ4v) is 2.07. The molecule has 0 spiro atoms. The number of carbonyl (C=O) groups is 2. The van der Waals surface area contributed by atoms with Gasteiger partial charge in [-0.05, 0) is 30.7 Å². The van der Waals surface area contributed by atoms with E-state index in [1.165, 1.54) is 4.90 Å². The van der Waals surface area contributed by atoms with Gasteiger partial charge in [-0.3, -0.25) is 9.59 Å². The Kier molecular flexibility index (Phi) is 3.94. The number of hydrogen-bond acceptors (Lipinski definition) is 4. The lowest BCUT2D eigenvalue weighted by molar-refractivity contribution is -0.154. The molecular weight excluding hydrogens is 258 g/mol. The summed E-state index contributed by atoms with van der Waals surface area (Å²) in [4.78, 5) is 25.1. The number of likely N-dealkylation sites (tertiary alicyclic amines) is 1. The van der Waals surface area contributed by atoms with E-state index in [2.05, 4.69) is 5.32 Å². The zero-order valence-electron chi connectivity index (χ0n) is 11.4. The van der Waals surface area contributed by atoms with Gasteiger partial charge in [0.1, 0.15) is 0 Å². The minimum absolute atomic E-state index is 0.0665. The first-order valence-corrected chi connectivity index (χ1v) is 6.57. The Morgan fingerprint density at radius 1 is 1.35 bits per heavy atom. The molecule has 108 valence electrons. The lowest BCUT2D eigenvalue weighted by atomic mass is 9.91. The first-order chi connectivity index (χ1) is 9.43. The Labute approximate surface area is 117 Å². The molecule has 0 radical (unpaired) electrons. The van der Waals surface area contributed by atoms with Crippen LogP contribution in [0.25, 0.3) is 0 Å². The minimum Gasteiger partial charge on any atom is -0.399 e. The van der Waals surface area contributed by atoms with Crippen LogP contribution >= 0.6 is 0 Å². The van der Waals surface area contributed by atoms with Gasteiger partial charge in [0, 0.05) is 11.3 Å². The Hall–Kier alpha value is -2.08. The van der Waals surface area contributed by atoms with E-state index >= 15 is 0 Å². The second-order valence-electron chi connectivity index (χ2n) is 5.13. The second-order valence-corrected chi connectivity index (χ2v) is 5.13. The SMILES string of the molecule is CCC1(O)CN(C(=O)CNC(=O)c2ccc(N)cc2)C1. The molecule has 1 fully saturated rings. The van der Waals surface area contributed by atoms with Gasteiger partial charge in [-0.25, -0.2) is 0 Å². The summed E-state index contributed by atoms with van der Waals surface area (Å²) in [6.07, 6.45) is 0.620. The summed E-state index contributed by atoms with van der Waals surface area (Å²) in [5, 5.41) is 12.4. The monoisotopic (exact) mass is 277 g/mol. The van der Waals surface area contributed by atoms with Crippen molar-refractivity contribution >= 4 is 17.5 Å². The van der Waals surface area contributed by atoms with E-state index in [4.69, 9.17) is 5.73 Å². The second kappa shape index (κ2) is 5.50. The molecular formula is C14H19N3O3. The average Bonchev–Trinajstić information content (AvgIpc) is 2.41. The van der Waals surface area contributed by atoms with Crippen LogP contribution in [0, 0.1) is 0 Å². The van der Waals surface area contributed by atoms with Gasteiger partial charge in [0.2, 0.25) is 5.91 Å². The molecule has 1 aliphatic rings. The molecule has 20 heavy (non-hydrogen) atoms. The standard InChI is InChI=1S/C14H19N3O3/c1-2-14(20)8-17(9-14)12(18)7-16-13(19)10-3-5-11(15)6-4-10/h3-6,20H,2,7-9,15H2,1H3,(H,16,19). The van der Waals surface area contributed by atoms with Gasteiger partial charge in [0.25, 0.3) is 5.91 Å². The van der Waals surface area contributed by atoms with Crippen molar-refractivity contribution in [3.8, 4) is 0 Å². The number of β-amino-alcohol motifs (C(OH)–C–C–N with tert-alkyl or cyclic N) is 1. The number of nitrogens with two attached hydrogens (primary N) is 1. The van der Waals surface area contributed by atoms with Crippen LogP contribution in [0.2, 0.25) is 0 Å². The smallest absolute Gasteiger partial charge is 0.251 e. The van der Waals surface area contributed by atoms with Gasteiger partial charge in [-0.15, -0.1) is 0 Å². The van der Waals surface area contributed by atoms with Gasteiger partial charge < -0.3 is 21.1 Å². The summed E-state index contributed by atoms with van der Waals surface area (Å²) in [5.74, 6) is -0.503. The van der Waals surface area contributed by atoms with Gasteiger partial charge in [-0.1, -0.05) is 6.92 Å². The molecule has 0 bridgehead atoms. The van der Waals surface area contributed by atoms with Crippen LogP contribution < -0.4 is 11.1 Å². The van der Waals surface area contributed by atoms with E-state index in [9.17, 15) is 14.7 Å². The fourth-order valence-electron chi connectivity index (χ4n) is 2.07. The summed E-state index contributed by atoms with van der Waals surface area (Å²) in [6.45, 7) is 2.48. The number of hydrogen-bond donors (Lipinski definition) is 3. The number of amides is 2. The zero-order valence-corrected chi connectivity index (χ0v) is 11.4. The van der Waals surface area contributed by atoms with Crippen molar-refractivity contribution in [2.75, 3.05) is 25.4 Å². The highest BCUT2D eigenvalue weighted by Gasteiger charge is 2.41. The van der Waals surface area contributed by atoms with Gasteiger partial charge >= 0.3 is 0 Å². The van der Waals surface area contributed by atoms with E-state index < -0.39 is 5.60 Å². The topological polar surface area (TPSA) is 95.7 Å².